The van der Waals surface area contributed by atoms with Gasteiger partial charge in [0.2, 0.25) is 0 Å². The largest absolute Gasteiger partial charge is 0.494 e. The van der Waals surface area contributed by atoms with Crippen LogP contribution in [0.4, 0.5) is 0 Å². The highest BCUT2D eigenvalue weighted by Crippen LogP contribution is 2.23. The van der Waals surface area contributed by atoms with Gasteiger partial charge in [0.25, 0.3) is 5.90 Å². The third kappa shape index (κ3) is 6.80. The molecule has 0 fully saturated rings. The van der Waals surface area contributed by atoms with E-state index in [1.54, 1.807) is 31.2 Å². The van der Waals surface area contributed by atoms with E-state index in [1.807, 2.05) is 32.0 Å². The Bertz CT molecular complexity index is 1050. The van der Waals surface area contributed by atoms with Crippen molar-refractivity contribution in [2.24, 2.45) is 15.5 Å². The maximum absolute atomic E-state index is 11.8. The number of hydrogen-bond donors (Lipinski definition) is 0. The molecule has 0 bridgehead atoms. The summed E-state index contributed by atoms with van der Waals surface area (Å²) in [6, 6.07) is 12.8. The zero-order valence-electron chi connectivity index (χ0n) is 19.7. The standard InChI is InChI=1S/C24H29N3O6/c1-7-32-21-14-10-13-19(16(21)2)23(26-30-5)17(3)25-33-24(27-31-6)20-12-9-8-11-18(20)15-22(28)29-4/h8-14H,7,15H2,1-6H3/b25-17+,26-23+,27-24-. The minimum Gasteiger partial charge on any atom is -0.494 e. The van der Waals surface area contributed by atoms with Crippen LogP contribution in [0.2, 0.25) is 0 Å². The molecule has 0 spiro atoms. The maximum Gasteiger partial charge on any atom is 0.310 e. The Hall–Kier alpha value is -3.88. The Morgan fingerprint density at radius 1 is 0.909 bits per heavy atom. The maximum atomic E-state index is 11.8. The third-order valence-corrected chi connectivity index (χ3v) is 4.62. The molecular weight excluding hydrogens is 426 g/mol. The molecule has 0 amide bonds. The highest BCUT2D eigenvalue weighted by Gasteiger charge is 2.18. The molecule has 33 heavy (non-hydrogen) atoms. The van der Waals surface area contributed by atoms with Crippen LogP contribution in [0.3, 0.4) is 0 Å². The molecule has 2 aromatic carbocycles. The van der Waals surface area contributed by atoms with Gasteiger partial charge in [-0.3, -0.25) is 4.79 Å². The number of esters is 1. The Morgan fingerprint density at radius 2 is 1.61 bits per heavy atom. The van der Waals surface area contributed by atoms with Gasteiger partial charge in [0.05, 0.1) is 20.1 Å². The van der Waals surface area contributed by atoms with Crippen molar-refractivity contribution in [3.05, 3.63) is 64.7 Å². The van der Waals surface area contributed by atoms with Crippen molar-refractivity contribution >= 4 is 23.3 Å². The molecule has 0 aliphatic heterocycles. The lowest BCUT2D eigenvalue weighted by molar-refractivity contribution is -0.139. The number of methoxy groups -OCH3 is 1. The van der Waals surface area contributed by atoms with E-state index in [-0.39, 0.29) is 12.3 Å². The predicted octanol–water partition coefficient (Wildman–Crippen LogP) is 3.86. The van der Waals surface area contributed by atoms with Crippen LogP contribution < -0.4 is 4.74 Å². The second kappa shape index (κ2) is 12.8. The first-order valence-corrected chi connectivity index (χ1v) is 10.3. The van der Waals surface area contributed by atoms with Crippen LogP contribution >= 0.6 is 0 Å². The number of rotatable bonds is 10. The molecule has 0 atom stereocenters. The quantitative estimate of drug-likeness (QED) is 0.233. The van der Waals surface area contributed by atoms with Gasteiger partial charge in [-0.15, -0.1) is 0 Å². The third-order valence-electron chi connectivity index (χ3n) is 4.62. The smallest absolute Gasteiger partial charge is 0.310 e. The molecule has 0 saturated heterocycles. The predicted molar refractivity (Wildman–Crippen MR) is 126 cm³/mol. The van der Waals surface area contributed by atoms with Gasteiger partial charge < -0.3 is 24.0 Å². The van der Waals surface area contributed by atoms with Crippen LogP contribution in [-0.4, -0.2) is 51.2 Å². The number of oxime groups is 3. The molecule has 0 aliphatic rings. The van der Waals surface area contributed by atoms with Gasteiger partial charge in [-0.25, -0.2) is 0 Å². The van der Waals surface area contributed by atoms with Crippen molar-refractivity contribution < 1.29 is 28.8 Å². The van der Waals surface area contributed by atoms with Crippen molar-refractivity contribution in [3.63, 3.8) is 0 Å². The Labute approximate surface area is 193 Å². The fourth-order valence-electron chi connectivity index (χ4n) is 3.05. The first-order chi connectivity index (χ1) is 16.0. The molecule has 9 heteroatoms. The van der Waals surface area contributed by atoms with Gasteiger partial charge in [0.15, 0.2) is 0 Å². The molecule has 0 N–H and O–H groups in total. The lowest BCUT2D eigenvalue weighted by atomic mass is 10.0. The molecular formula is C24H29N3O6. The van der Waals surface area contributed by atoms with Gasteiger partial charge in [-0.05, 0) is 43.6 Å². The highest BCUT2D eigenvalue weighted by molar-refractivity contribution is 6.47. The van der Waals surface area contributed by atoms with Crippen molar-refractivity contribution in [3.8, 4) is 5.75 Å². The Kier molecular flexibility index (Phi) is 9.88. The van der Waals surface area contributed by atoms with Crippen LogP contribution in [0.1, 0.15) is 36.1 Å². The minimum absolute atomic E-state index is 0.0429. The van der Waals surface area contributed by atoms with Gasteiger partial charge in [0.1, 0.15) is 31.4 Å². The lowest BCUT2D eigenvalue weighted by Crippen LogP contribution is -2.17. The summed E-state index contributed by atoms with van der Waals surface area (Å²) in [6.07, 6.45) is 0.0429. The van der Waals surface area contributed by atoms with E-state index in [4.69, 9.17) is 24.0 Å². The van der Waals surface area contributed by atoms with Gasteiger partial charge in [-0.2, -0.15) is 0 Å². The summed E-state index contributed by atoms with van der Waals surface area (Å²) in [5.74, 6) is 0.428. The molecule has 0 aromatic heterocycles. The van der Waals surface area contributed by atoms with Crippen LogP contribution in [0.15, 0.2) is 57.9 Å². The zero-order valence-corrected chi connectivity index (χ0v) is 19.7. The van der Waals surface area contributed by atoms with Crippen LogP contribution in [0.25, 0.3) is 0 Å². The molecule has 176 valence electrons. The first kappa shape index (κ1) is 25.4. The fourth-order valence-corrected chi connectivity index (χ4v) is 3.05. The van der Waals surface area contributed by atoms with Crippen molar-refractivity contribution in [1.82, 2.24) is 0 Å². The summed E-state index contributed by atoms with van der Waals surface area (Å²) < 4.78 is 10.5. The first-order valence-electron chi connectivity index (χ1n) is 10.3. The van der Waals surface area contributed by atoms with Gasteiger partial charge in [0, 0.05) is 16.7 Å². The molecule has 2 rings (SSSR count). The number of hydrogen-bond acceptors (Lipinski definition) is 9. The molecule has 0 radical (unpaired) electrons. The fraction of sp³-hybridized carbons (Fsp3) is 0.333. The topological polar surface area (TPSA) is 100 Å². The Balaban J connectivity index is 2.41. The number of ether oxygens (including phenoxy) is 2. The molecule has 0 aliphatic carbocycles. The summed E-state index contributed by atoms with van der Waals surface area (Å²) >= 11 is 0. The minimum atomic E-state index is -0.391. The van der Waals surface area contributed by atoms with Crippen molar-refractivity contribution in [1.29, 1.82) is 0 Å². The van der Waals surface area contributed by atoms with Crippen LogP contribution in [0, 0.1) is 6.92 Å². The van der Waals surface area contributed by atoms with E-state index in [0.29, 0.717) is 29.2 Å². The van der Waals surface area contributed by atoms with Crippen LogP contribution in [0.5, 0.6) is 5.75 Å². The second-order valence-corrected chi connectivity index (χ2v) is 6.74. The normalized spacial score (nSPS) is 12.2. The molecule has 2 aromatic rings. The van der Waals surface area contributed by atoms with Gasteiger partial charge >= 0.3 is 5.97 Å². The second-order valence-electron chi connectivity index (χ2n) is 6.74. The zero-order chi connectivity index (χ0) is 24.2. The van der Waals surface area contributed by atoms with E-state index in [1.165, 1.54) is 21.3 Å². The molecule has 0 saturated carbocycles. The summed E-state index contributed by atoms with van der Waals surface area (Å²) in [5.41, 5.74) is 3.77. The Morgan fingerprint density at radius 3 is 2.27 bits per heavy atom. The van der Waals surface area contributed by atoms with E-state index >= 15 is 0 Å². The van der Waals surface area contributed by atoms with E-state index in [2.05, 4.69) is 15.5 Å². The van der Waals surface area contributed by atoms with E-state index < -0.39 is 5.97 Å². The SMILES string of the molecule is CCOc1cccc(C(=N/OC)/C(C)=N/O/C(=N\OC)c2ccccc2CC(=O)OC)c1C. The van der Waals surface area contributed by atoms with Crippen LogP contribution in [-0.2, 0) is 30.5 Å². The van der Waals surface area contributed by atoms with E-state index in [9.17, 15) is 4.79 Å². The van der Waals surface area contributed by atoms with E-state index in [0.717, 1.165) is 16.9 Å². The monoisotopic (exact) mass is 455 g/mol. The highest BCUT2D eigenvalue weighted by atomic mass is 16.7. The van der Waals surface area contributed by atoms with Gasteiger partial charge in [-0.1, -0.05) is 40.6 Å². The number of carbonyl (C=O) groups is 1. The molecule has 0 heterocycles. The number of nitrogens with zero attached hydrogens (tertiary/aromatic N) is 3. The summed E-state index contributed by atoms with van der Waals surface area (Å²) in [5, 5.41) is 12.3. The average molecular weight is 456 g/mol. The molecule has 9 nitrogen and oxygen atoms in total. The summed E-state index contributed by atoms with van der Waals surface area (Å²) in [4.78, 5) is 27.4. The lowest BCUT2D eigenvalue weighted by Gasteiger charge is -2.13. The summed E-state index contributed by atoms with van der Waals surface area (Å²) in [6.45, 7) is 6.13. The number of benzene rings is 2. The van der Waals surface area contributed by atoms with Crippen molar-refractivity contribution in [2.45, 2.75) is 27.2 Å². The van der Waals surface area contributed by atoms with Crippen molar-refractivity contribution in [2.75, 3.05) is 27.9 Å². The number of carbonyl (C=O) groups excluding carboxylic acids is 1. The molecule has 0 unspecified atom stereocenters. The average Bonchev–Trinajstić information content (AvgIpc) is 2.82. The summed E-state index contributed by atoms with van der Waals surface area (Å²) in [7, 11) is 4.18.